The SMILES string of the molecule is CC1OC1PO. The second kappa shape index (κ2) is 1.45. The lowest BCUT2D eigenvalue weighted by atomic mass is 10.6. The van der Waals surface area contributed by atoms with Crippen molar-refractivity contribution in [3.8, 4) is 0 Å². The van der Waals surface area contributed by atoms with Gasteiger partial charge in [0, 0.05) is 8.81 Å². The molecule has 0 saturated carbocycles. The molecule has 0 aromatic heterocycles. The Morgan fingerprint density at radius 2 is 2.33 bits per heavy atom. The molecule has 0 amide bonds. The third kappa shape index (κ3) is 0.700. The molecule has 0 spiro atoms. The molecule has 0 radical (unpaired) electrons. The van der Waals surface area contributed by atoms with E-state index < -0.39 is 0 Å². The van der Waals surface area contributed by atoms with Crippen LogP contribution in [0.1, 0.15) is 6.92 Å². The van der Waals surface area contributed by atoms with Crippen molar-refractivity contribution < 1.29 is 9.63 Å². The first-order chi connectivity index (χ1) is 2.84. The van der Waals surface area contributed by atoms with E-state index in [0.717, 1.165) is 0 Å². The van der Waals surface area contributed by atoms with Crippen LogP contribution in [0, 0.1) is 0 Å². The van der Waals surface area contributed by atoms with Gasteiger partial charge in [0.25, 0.3) is 0 Å². The molecule has 0 aromatic rings. The molecular weight excluding hydrogens is 99.0 g/mol. The Balaban J connectivity index is 2.09. The maximum Gasteiger partial charge on any atom is 0.125 e. The molecule has 0 bridgehead atoms. The molecule has 6 heavy (non-hydrogen) atoms. The highest BCUT2D eigenvalue weighted by atomic mass is 31.1. The van der Waals surface area contributed by atoms with Crippen molar-refractivity contribution >= 4 is 8.81 Å². The topological polar surface area (TPSA) is 32.8 Å². The minimum absolute atomic E-state index is 0.0166. The summed E-state index contributed by atoms with van der Waals surface area (Å²) in [5, 5.41) is 0. The Morgan fingerprint density at radius 3 is 2.33 bits per heavy atom. The van der Waals surface area contributed by atoms with Crippen LogP contribution in [0.5, 0.6) is 0 Å². The summed E-state index contributed by atoms with van der Waals surface area (Å²) in [7, 11) is -0.0166. The lowest BCUT2D eigenvalue weighted by molar-refractivity contribution is 0.407. The molecule has 1 aliphatic heterocycles. The van der Waals surface area contributed by atoms with Gasteiger partial charge in [0.1, 0.15) is 5.85 Å². The van der Waals surface area contributed by atoms with E-state index in [2.05, 4.69) is 0 Å². The maximum atomic E-state index is 8.28. The molecule has 1 aliphatic rings. The molecule has 1 fully saturated rings. The summed E-state index contributed by atoms with van der Waals surface area (Å²) in [5.41, 5.74) is 0. The number of rotatable bonds is 1. The quantitative estimate of drug-likeness (QED) is 0.385. The normalized spacial score (nSPS) is 45.0. The highest BCUT2D eigenvalue weighted by Gasteiger charge is 2.33. The van der Waals surface area contributed by atoms with E-state index in [0.29, 0.717) is 6.10 Å². The predicted octanol–water partition coefficient (Wildman–Crippen LogP) is 0.317. The smallest absolute Gasteiger partial charge is 0.125 e. The van der Waals surface area contributed by atoms with E-state index in [1.54, 1.807) is 0 Å². The van der Waals surface area contributed by atoms with Gasteiger partial charge in [-0.2, -0.15) is 0 Å². The Bertz CT molecular complexity index is 54.8. The molecule has 3 heteroatoms. The van der Waals surface area contributed by atoms with Gasteiger partial charge in [-0.05, 0) is 6.92 Å². The molecule has 2 nitrogen and oxygen atoms in total. The van der Waals surface area contributed by atoms with Crippen LogP contribution >= 0.6 is 8.81 Å². The lowest BCUT2D eigenvalue weighted by Gasteiger charge is -1.73. The zero-order valence-electron chi connectivity index (χ0n) is 3.51. The van der Waals surface area contributed by atoms with Gasteiger partial charge in [-0.25, -0.2) is 0 Å². The highest BCUT2D eigenvalue weighted by molar-refractivity contribution is 7.32. The van der Waals surface area contributed by atoms with Gasteiger partial charge in [0.2, 0.25) is 0 Å². The first-order valence-electron chi connectivity index (χ1n) is 1.89. The van der Waals surface area contributed by atoms with Crippen molar-refractivity contribution in [2.45, 2.75) is 18.9 Å². The molecule has 0 aliphatic carbocycles. The fourth-order valence-electron chi connectivity index (χ4n) is 0.321. The van der Waals surface area contributed by atoms with E-state index in [-0.39, 0.29) is 14.7 Å². The van der Waals surface area contributed by atoms with Crippen LogP contribution in [0.15, 0.2) is 0 Å². The van der Waals surface area contributed by atoms with Gasteiger partial charge in [-0.15, -0.1) is 0 Å². The predicted molar refractivity (Wildman–Crippen MR) is 24.9 cm³/mol. The van der Waals surface area contributed by atoms with Crippen LogP contribution in [0.2, 0.25) is 0 Å². The summed E-state index contributed by atoms with van der Waals surface area (Å²) in [5.74, 6) is 0.185. The van der Waals surface area contributed by atoms with Crippen LogP contribution < -0.4 is 0 Å². The largest absolute Gasteiger partial charge is 0.374 e. The third-order valence-corrected chi connectivity index (χ3v) is 1.70. The summed E-state index contributed by atoms with van der Waals surface area (Å²) >= 11 is 0. The molecule has 3 unspecified atom stereocenters. The van der Waals surface area contributed by atoms with Crippen LogP contribution in [-0.4, -0.2) is 16.8 Å². The molecule has 1 heterocycles. The fourth-order valence-corrected chi connectivity index (χ4v) is 0.807. The Hall–Kier alpha value is 0.350. The van der Waals surface area contributed by atoms with Crippen LogP contribution in [0.4, 0.5) is 0 Å². The second-order valence-corrected chi connectivity index (χ2v) is 2.22. The summed E-state index contributed by atoms with van der Waals surface area (Å²) < 4.78 is 4.83. The van der Waals surface area contributed by atoms with Gasteiger partial charge in [-0.3, -0.25) is 0 Å². The third-order valence-electron chi connectivity index (χ3n) is 0.838. The lowest BCUT2D eigenvalue weighted by Crippen LogP contribution is -1.73. The summed E-state index contributed by atoms with van der Waals surface area (Å²) in [6.07, 6.45) is 0.327. The van der Waals surface area contributed by atoms with Gasteiger partial charge in [-0.1, -0.05) is 0 Å². The number of epoxide rings is 1. The molecule has 1 N–H and O–H groups in total. The Labute approximate surface area is 38.4 Å². The molecule has 1 saturated heterocycles. The minimum Gasteiger partial charge on any atom is -0.374 e. The zero-order chi connectivity index (χ0) is 4.57. The van der Waals surface area contributed by atoms with Crippen LogP contribution in [0.3, 0.4) is 0 Å². The fraction of sp³-hybridized carbons (Fsp3) is 1.00. The van der Waals surface area contributed by atoms with E-state index >= 15 is 0 Å². The van der Waals surface area contributed by atoms with Crippen LogP contribution in [0.25, 0.3) is 0 Å². The van der Waals surface area contributed by atoms with Crippen molar-refractivity contribution in [3.05, 3.63) is 0 Å². The first kappa shape index (κ1) is 4.51. The van der Waals surface area contributed by atoms with Crippen molar-refractivity contribution in [2.75, 3.05) is 0 Å². The summed E-state index contributed by atoms with van der Waals surface area (Å²) in [6, 6.07) is 0. The summed E-state index contributed by atoms with van der Waals surface area (Å²) in [6.45, 7) is 1.95. The van der Waals surface area contributed by atoms with Crippen LogP contribution in [-0.2, 0) is 4.74 Å². The summed E-state index contributed by atoms with van der Waals surface area (Å²) in [4.78, 5) is 8.28. The van der Waals surface area contributed by atoms with Gasteiger partial charge in [0.05, 0.1) is 6.10 Å². The van der Waals surface area contributed by atoms with Gasteiger partial charge < -0.3 is 9.63 Å². The van der Waals surface area contributed by atoms with Crippen molar-refractivity contribution in [1.82, 2.24) is 0 Å². The number of ether oxygens (including phenoxy) is 1. The van der Waals surface area contributed by atoms with E-state index in [1.807, 2.05) is 6.92 Å². The Kier molecular flexibility index (Phi) is 1.09. The molecule has 1 rings (SSSR count). The highest BCUT2D eigenvalue weighted by Crippen LogP contribution is 2.34. The first-order valence-corrected chi connectivity index (χ1v) is 2.92. The van der Waals surface area contributed by atoms with E-state index in [1.165, 1.54) is 0 Å². The monoisotopic (exact) mass is 106 g/mol. The second-order valence-electron chi connectivity index (χ2n) is 1.39. The van der Waals surface area contributed by atoms with Crippen molar-refractivity contribution in [2.24, 2.45) is 0 Å². The molecule has 0 aromatic carbocycles. The van der Waals surface area contributed by atoms with Gasteiger partial charge >= 0.3 is 0 Å². The maximum absolute atomic E-state index is 8.28. The number of hydrogen-bond acceptors (Lipinski definition) is 2. The average molecular weight is 106 g/mol. The standard InChI is InChI=1S/C3H7O2P/c1-2-3(5-2)6-4/h2-4,6H,1H3. The average Bonchev–Trinajstić information content (AvgIpc) is 2.19. The number of hydrogen-bond donors (Lipinski definition) is 1. The van der Waals surface area contributed by atoms with Crippen molar-refractivity contribution in [3.63, 3.8) is 0 Å². The van der Waals surface area contributed by atoms with Gasteiger partial charge in [0.15, 0.2) is 0 Å². The van der Waals surface area contributed by atoms with E-state index in [4.69, 9.17) is 9.63 Å². The van der Waals surface area contributed by atoms with Crippen molar-refractivity contribution in [1.29, 1.82) is 0 Å². The Morgan fingerprint density at radius 1 is 1.83 bits per heavy atom. The molecule has 3 atom stereocenters. The minimum atomic E-state index is -0.0166. The molecule has 36 valence electrons. The van der Waals surface area contributed by atoms with E-state index in [9.17, 15) is 0 Å². The molecular formula is C3H7O2P. The zero-order valence-corrected chi connectivity index (χ0v) is 4.51.